The number of rotatable bonds is 4. The van der Waals surface area contributed by atoms with Gasteiger partial charge >= 0.3 is 0 Å². The maximum absolute atomic E-state index is 15.3. The zero-order valence-electron chi connectivity index (χ0n) is 16.8. The van der Waals surface area contributed by atoms with Crippen LogP contribution in [0.25, 0.3) is 10.8 Å². The van der Waals surface area contributed by atoms with Gasteiger partial charge in [-0.1, -0.05) is 54.8 Å². The summed E-state index contributed by atoms with van der Waals surface area (Å²) in [5, 5.41) is 15.0. The molecule has 3 aromatic rings. The molecule has 0 saturated heterocycles. The van der Waals surface area contributed by atoms with E-state index in [0.717, 1.165) is 29.4 Å². The topological polar surface area (TPSA) is 62.2 Å². The summed E-state index contributed by atoms with van der Waals surface area (Å²) in [6.07, 6.45) is 5.31. The van der Waals surface area contributed by atoms with Gasteiger partial charge in [0, 0.05) is 11.6 Å². The number of amides is 1. The third-order valence-corrected chi connectivity index (χ3v) is 6.20. The van der Waals surface area contributed by atoms with Gasteiger partial charge in [0.05, 0.1) is 17.2 Å². The number of carbonyl (C=O) groups excluding carboxylic acids is 1. The first kappa shape index (κ1) is 20.8. The number of nitrogens with one attached hydrogen (secondary N) is 1. The van der Waals surface area contributed by atoms with Gasteiger partial charge < -0.3 is 10.4 Å². The van der Waals surface area contributed by atoms with Crippen LogP contribution >= 0.6 is 11.6 Å². The number of aliphatic hydroxyl groups is 1. The largest absolute Gasteiger partial charge is 0.388 e. The molecular weight excluding hydrogens is 403 g/mol. The Bertz CT molecular complexity index is 1080. The van der Waals surface area contributed by atoms with E-state index in [1.807, 2.05) is 18.2 Å². The molecule has 156 valence electrons. The predicted molar refractivity (Wildman–Crippen MR) is 116 cm³/mol. The second kappa shape index (κ2) is 8.32. The summed E-state index contributed by atoms with van der Waals surface area (Å²) in [6, 6.07) is 11.9. The number of halogens is 2. The Balaban J connectivity index is 1.71. The molecule has 2 atom stereocenters. The van der Waals surface area contributed by atoms with E-state index >= 15 is 4.39 Å². The van der Waals surface area contributed by atoms with Crippen molar-refractivity contribution in [1.29, 1.82) is 0 Å². The molecule has 0 radical (unpaired) electrons. The van der Waals surface area contributed by atoms with E-state index in [-0.39, 0.29) is 5.56 Å². The van der Waals surface area contributed by atoms with Gasteiger partial charge in [-0.25, -0.2) is 9.37 Å². The van der Waals surface area contributed by atoms with Crippen molar-refractivity contribution in [3.05, 3.63) is 76.3 Å². The highest BCUT2D eigenvalue weighted by molar-refractivity contribution is 6.29. The lowest BCUT2D eigenvalue weighted by atomic mass is 9.81. The van der Waals surface area contributed by atoms with Crippen LogP contribution in [0.3, 0.4) is 0 Å². The maximum Gasteiger partial charge on any atom is 0.254 e. The van der Waals surface area contributed by atoms with Crippen LogP contribution in [0, 0.1) is 5.82 Å². The second-order valence-electron chi connectivity index (χ2n) is 8.24. The zero-order chi connectivity index (χ0) is 21.3. The Morgan fingerprint density at radius 2 is 2.03 bits per heavy atom. The monoisotopic (exact) mass is 426 g/mol. The van der Waals surface area contributed by atoms with Gasteiger partial charge in [-0.15, -0.1) is 0 Å². The molecular formula is C24H24ClFN2O2. The molecule has 1 saturated carbocycles. The Kier molecular flexibility index (Phi) is 5.76. The van der Waals surface area contributed by atoms with Crippen molar-refractivity contribution in [3.63, 3.8) is 0 Å². The normalized spacial score (nSPS) is 21.5. The summed E-state index contributed by atoms with van der Waals surface area (Å²) >= 11 is 5.88. The standard InChI is InChI=1S/C24H24ClFN2O2/c1-24(30)11-5-4-8-20(24)28-23(29)19-13-16(12-15-9-10-21(25)27-14-15)17-6-2-3-7-18(17)22(19)26/h2-3,6-7,9-10,13-14,20,30H,4-5,8,11-12H2,1H3,(H,28,29). The van der Waals surface area contributed by atoms with Crippen LogP contribution < -0.4 is 5.32 Å². The summed E-state index contributed by atoms with van der Waals surface area (Å²) < 4.78 is 15.3. The SMILES string of the molecule is CC1(O)CCCCC1NC(=O)c1cc(Cc2ccc(Cl)nc2)c2ccccc2c1F. The molecule has 2 N–H and O–H groups in total. The molecule has 6 heteroatoms. The number of nitrogens with zero attached hydrogens (tertiary/aromatic N) is 1. The Morgan fingerprint density at radius 1 is 1.27 bits per heavy atom. The minimum absolute atomic E-state index is 0.00741. The van der Waals surface area contributed by atoms with Crippen molar-refractivity contribution in [1.82, 2.24) is 10.3 Å². The third kappa shape index (κ3) is 4.18. The summed E-state index contributed by atoms with van der Waals surface area (Å²) in [4.78, 5) is 17.1. The number of aromatic nitrogens is 1. The second-order valence-corrected chi connectivity index (χ2v) is 8.63. The number of pyridine rings is 1. The molecule has 1 aliphatic carbocycles. The van der Waals surface area contributed by atoms with Crippen LogP contribution in [0.4, 0.5) is 4.39 Å². The smallest absolute Gasteiger partial charge is 0.254 e. The van der Waals surface area contributed by atoms with E-state index < -0.39 is 23.4 Å². The summed E-state index contributed by atoms with van der Waals surface area (Å²) in [5.41, 5.74) is 0.750. The fraction of sp³-hybridized carbons (Fsp3) is 0.333. The van der Waals surface area contributed by atoms with Crippen molar-refractivity contribution in [2.75, 3.05) is 0 Å². The molecule has 0 bridgehead atoms. The first-order chi connectivity index (χ1) is 14.3. The van der Waals surface area contributed by atoms with Gasteiger partial charge in [0.25, 0.3) is 5.91 Å². The van der Waals surface area contributed by atoms with E-state index in [9.17, 15) is 9.90 Å². The molecule has 1 aliphatic rings. The fourth-order valence-electron chi connectivity index (χ4n) is 4.24. The van der Waals surface area contributed by atoms with E-state index in [4.69, 9.17) is 11.6 Å². The number of hydrogen-bond donors (Lipinski definition) is 2. The maximum atomic E-state index is 15.3. The predicted octanol–water partition coefficient (Wildman–Crippen LogP) is 5.04. The number of fused-ring (bicyclic) bond motifs is 1. The van der Waals surface area contributed by atoms with Crippen molar-refractivity contribution in [2.45, 2.75) is 50.7 Å². The molecule has 1 fully saturated rings. The average molecular weight is 427 g/mol. The third-order valence-electron chi connectivity index (χ3n) is 5.97. The fourth-order valence-corrected chi connectivity index (χ4v) is 4.35. The lowest BCUT2D eigenvalue weighted by molar-refractivity contribution is -0.00866. The first-order valence-electron chi connectivity index (χ1n) is 10.2. The highest BCUT2D eigenvalue weighted by Crippen LogP contribution is 2.30. The lowest BCUT2D eigenvalue weighted by Gasteiger charge is -2.37. The molecule has 4 nitrogen and oxygen atoms in total. The molecule has 1 amide bonds. The number of carbonyl (C=O) groups is 1. The summed E-state index contributed by atoms with van der Waals surface area (Å²) in [5.74, 6) is -1.04. The molecule has 0 spiro atoms. The van der Waals surface area contributed by atoms with E-state index in [0.29, 0.717) is 29.8 Å². The van der Waals surface area contributed by atoms with Crippen LogP contribution in [0.1, 0.15) is 54.1 Å². The molecule has 2 unspecified atom stereocenters. The Hall–Kier alpha value is -2.50. The first-order valence-corrected chi connectivity index (χ1v) is 10.6. The van der Waals surface area contributed by atoms with Crippen molar-refractivity contribution >= 4 is 28.3 Å². The Morgan fingerprint density at radius 3 is 2.73 bits per heavy atom. The molecule has 1 aromatic heterocycles. The highest BCUT2D eigenvalue weighted by atomic mass is 35.5. The van der Waals surface area contributed by atoms with E-state index in [1.54, 1.807) is 37.4 Å². The van der Waals surface area contributed by atoms with Crippen molar-refractivity contribution in [3.8, 4) is 0 Å². The van der Waals surface area contributed by atoms with E-state index in [2.05, 4.69) is 10.3 Å². The minimum Gasteiger partial charge on any atom is -0.388 e. The van der Waals surface area contributed by atoms with Crippen LogP contribution in [0.15, 0.2) is 48.7 Å². The van der Waals surface area contributed by atoms with Gasteiger partial charge in [-0.2, -0.15) is 0 Å². The summed E-state index contributed by atoms with van der Waals surface area (Å²) in [6.45, 7) is 1.73. The van der Waals surface area contributed by atoms with Crippen LogP contribution in [0.2, 0.25) is 5.15 Å². The number of hydrogen-bond acceptors (Lipinski definition) is 3. The quantitative estimate of drug-likeness (QED) is 0.574. The minimum atomic E-state index is -0.987. The number of benzene rings is 2. The molecule has 1 heterocycles. The van der Waals surface area contributed by atoms with Crippen LogP contribution in [0.5, 0.6) is 0 Å². The van der Waals surface area contributed by atoms with Gasteiger partial charge in [-0.3, -0.25) is 4.79 Å². The highest BCUT2D eigenvalue weighted by Gasteiger charge is 2.36. The van der Waals surface area contributed by atoms with E-state index in [1.165, 1.54) is 0 Å². The zero-order valence-corrected chi connectivity index (χ0v) is 17.5. The van der Waals surface area contributed by atoms with Crippen molar-refractivity contribution < 1.29 is 14.3 Å². The molecule has 2 aromatic carbocycles. The van der Waals surface area contributed by atoms with Crippen molar-refractivity contribution in [2.24, 2.45) is 0 Å². The molecule has 30 heavy (non-hydrogen) atoms. The molecule has 0 aliphatic heterocycles. The average Bonchev–Trinajstić information content (AvgIpc) is 2.73. The Labute approximate surface area is 180 Å². The van der Waals surface area contributed by atoms with Gasteiger partial charge in [-0.05, 0) is 54.8 Å². The summed E-state index contributed by atoms with van der Waals surface area (Å²) in [7, 11) is 0. The van der Waals surface area contributed by atoms with Crippen LogP contribution in [-0.4, -0.2) is 27.6 Å². The van der Waals surface area contributed by atoms with Gasteiger partial charge in [0.1, 0.15) is 11.0 Å². The molecule has 4 rings (SSSR count). The van der Waals surface area contributed by atoms with Gasteiger partial charge in [0.15, 0.2) is 0 Å². The van der Waals surface area contributed by atoms with Gasteiger partial charge in [0.2, 0.25) is 0 Å². The lowest BCUT2D eigenvalue weighted by Crippen LogP contribution is -2.52. The van der Waals surface area contributed by atoms with Crippen LogP contribution in [-0.2, 0) is 6.42 Å².